The molecule has 5 nitrogen and oxygen atoms in total. The normalized spacial score (nSPS) is 10.0. The predicted molar refractivity (Wildman–Crippen MR) is 102 cm³/mol. The molecular formula is C21H18N4O. The van der Waals surface area contributed by atoms with Crippen molar-refractivity contribution in [3.63, 3.8) is 0 Å². The van der Waals surface area contributed by atoms with Crippen molar-refractivity contribution < 1.29 is 4.79 Å². The molecule has 3 rings (SSSR count). The number of nitrogens with zero attached hydrogens (tertiary/aromatic N) is 3. The minimum Gasteiger partial charge on any atom is -0.340 e. The van der Waals surface area contributed by atoms with E-state index in [0.717, 1.165) is 17.9 Å². The van der Waals surface area contributed by atoms with Gasteiger partial charge in [0.1, 0.15) is 0 Å². The number of aromatic nitrogens is 1. The van der Waals surface area contributed by atoms with Gasteiger partial charge < -0.3 is 10.2 Å². The third kappa shape index (κ3) is 3.87. The summed E-state index contributed by atoms with van der Waals surface area (Å²) in [6, 6.07) is 20.6. The number of hydrogen-bond acceptors (Lipinski definition) is 4. The standard InChI is InChI=1S/C21H18N4O/c1-2-25(19-6-4-3-5-7-19)20-12-17(14-23-15-20)21(26)24-18-10-8-16(13-22)9-11-18/h3-12,14-15H,2H2,1H3,(H,24,26). The molecule has 0 unspecified atom stereocenters. The Morgan fingerprint density at radius 1 is 1.08 bits per heavy atom. The van der Waals surface area contributed by atoms with Crippen molar-refractivity contribution in [3.8, 4) is 6.07 Å². The van der Waals surface area contributed by atoms with Crippen LogP contribution in [0.5, 0.6) is 0 Å². The van der Waals surface area contributed by atoms with Crippen molar-refractivity contribution in [2.45, 2.75) is 6.92 Å². The molecule has 0 fully saturated rings. The molecule has 0 aliphatic rings. The summed E-state index contributed by atoms with van der Waals surface area (Å²) in [5.41, 5.74) is 3.55. The molecule has 1 aromatic heterocycles. The lowest BCUT2D eigenvalue weighted by Gasteiger charge is -2.23. The van der Waals surface area contributed by atoms with E-state index in [9.17, 15) is 4.79 Å². The van der Waals surface area contributed by atoms with Gasteiger partial charge in [0.2, 0.25) is 0 Å². The van der Waals surface area contributed by atoms with Gasteiger partial charge in [0.25, 0.3) is 5.91 Å². The summed E-state index contributed by atoms with van der Waals surface area (Å²) in [5, 5.41) is 11.7. The average molecular weight is 342 g/mol. The Labute approximate surface area is 152 Å². The van der Waals surface area contributed by atoms with Crippen molar-refractivity contribution in [1.29, 1.82) is 5.26 Å². The number of benzene rings is 2. The number of carbonyl (C=O) groups excluding carboxylic acids is 1. The van der Waals surface area contributed by atoms with Gasteiger partial charge in [-0.3, -0.25) is 9.78 Å². The summed E-state index contributed by atoms with van der Waals surface area (Å²) in [5.74, 6) is -0.242. The van der Waals surface area contributed by atoms with Gasteiger partial charge in [0, 0.05) is 24.1 Å². The second-order valence-corrected chi connectivity index (χ2v) is 5.65. The molecule has 0 atom stereocenters. The van der Waals surface area contributed by atoms with Crippen LogP contribution in [0, 0.1) is 11.3 Å². The van der Waals surface area contributed by atoms with E-state index in [0.29, 0.717) is 16.8 Å². The molecule has 1 amide bonds. The van der Waals surface area contributed by atoms with E-state index in [-0.39, 0.29) is 5.91 Å². The van der Waals surface area contributed by atoms with Crippen LogP contribution in [0.15, 0.2) is 73.1 Å². The van der Waals surface area contributed by atoms with Crippen LogP contribution in [0.2, 0.25) is 0 Å². The second kappa shape index (κ2) is 7.95. The first-order valence-corrected chi connectivity index (χ1v) is 8.30. The first-order chi connectivity index (χ1) is 12.7. The molecular weight excluding hydrogens is 324 g/mol. The van der Waals surface area contributed by atoms with Crippen LogP contribution >= 0.6 is 0 Å². The molecule has 1 N–H and O–H groups in total. The van der Waals surface area contributed by atoms with Crippen LogP contribution in [0.25, 0.3) is 0 Å². The number of anilines is 3. The number of rotatable bonds is 5. The number of para-hydroxylation sites is 1. The second-order valence-electron chi connectivity index (χ2n) is 5.65. The van der Waals surface area contributed by atoms with E-state index in [2.05, 4.69) is 28.2 Å². The molecule has 128 valence electrons. The Balaban J connectivity index is 1.81. The Kier molecular flexibility index (Phi) is 5.25. The highest BCUT2D eigenvalue weighted by Gasteiger charge is 2.12. The number of hydrogen-bond donors (Lipinski definition) is 1. The lowest BCUT2D eigenvalue weighted by atomic mass is 10.2. The SMILES string of the molecule is CCN(c1ccccc1)c1cncc(C(=O)Nc2ccc(C#N)cc2)c1. The van der Waals surface area contributed by atoms with Gasteiger partial charge >= 0.3 is 0 Å². The largest absolute Gasteiger partial charge is 0.340 e. The lowest BCUT2D eigenvalue weighted by Crippen LogP contribution is -2.18. The van der Waals surface area contributed by atoms with Crippen LogP contribution in [-0.4, -0.2) is 17.4 Å². The molecule has 2 aromatic carbocycles. The molecule has 3 aromatic rings. The van der Waals surface area contributed by atoms with Crippen molar-refractivity contribution in [2.24, 2.45) is 0 Å². The average Bonchev–Trinajstić information content (AvgIpc) is 2.70. The summed E-state index contributed by atoms with van der Waals surface area (Å²) in [6.45, 7) is 2.81. The van der Waals surface area contributed by atoms with Gasteiger partial charge in [0.05, 0.1) is 29.1 Å². The molecule has 0 spiro atoms. The fourth-order valence-electron chi connectivity index (χ4n) is 2.65. The number of carbonyl (C=O) groups is 1. The van der Waals surface area contributed by atoms with E-state index < -0.39 is 0 Å². The van der Waals surface area contributed by atoms with Crippen molar-refractivity contribution >= 4 is 23.0 Å². The highest BCUT2D eigenvalue weighted by atomic mass is 16.1. The van der Waals surface area contributed by atoms with Gasteiger partial charge in [-0.15, -0.1) is 0 Å². The Bertz CT molecular complexity index is 930. The van der Waals surface area contributed by atoms with Gasteiger partial charge in [-0.05, 0) is 49.4 Å². The maximum atomic E-state index is 12.5. The third-order valence-electron chi connectivity index (χ3n) is 3.95. The maximum absolute atomic E-state index is 12.5. The minimum absolute atomic E-state index is 0.242. The highest BCUT2D eigenvalue weighted by Crippen LogP contribution is 2.25. The summed E-state index contributed by atoms with van der Waals surface area (Å²) in [4.78, 5) is 18.8. The van der Waals surface area contributed by atoms with E-state index in [4.69, 9.17) is 5.26 Å². The first-order valence-electron chi connectivity index (χ1n) is 8.30. The smallest absolute Gasteiger partial charge is 0.257 e. The number of nitrogens with one attached hydrogen (secondary N) is 1. The molecule has 1 heterocycles. The van der Waals surface area contributed by atoms with Crippen molar-refractivity contribution in [2.75, 3.05) is 16.8 Å². The summed E-state index contributed by atoms with van der Waals surface area (Å²) >= 11 is 0. The summed E-state index contributed by atoms with van der Waals surface area (Å²) in [6.07, 6.45) is 3.29. The first kappa shape index (κ1) is 17.2. The molecule has 26 heavy (non-hydrogen) atoms. The van der Waals surface area contributed by atoms with Crippen LogP contribution in [0.1, 0.15) is 22.8 Å². The van der Waals surface area contributed by atoms with E-state index >= 15 is 0 Å². The quantitative estimate of drug-likeness (QED) is 0.748. The van der Waals surface area contributed by atoms with Crippen molar-refractivity contribution in [1.82, 2.24) is 4.98 Å². The number of pyridine rings is 1. The molecule has 0 saturated heterocycles. The molecule has 0 aliphatic heterocycles. The van der Waals surface area contributed by atoms with E-state index in [1.54, 1.807) is 36.7 Å². The molecule has 5 heteroatoms. The predicted octanol–water partition coefficient (Wildman–Crippen LogP) is 4.36. The highest BCUT2D eigenvalue weighted by molar-refractivity contribution is 6.04. The zero-order valence-corrected chi connectivity index (χ0v) is 14.4. The van der Waals surface area contributed by atoms with Gasteiger partial charge in [-0.2, -0.15) is 5.26 Å². The number of nitriles is 1. The van der Waals surface area contributed by atoms with Crippen molar-refractivity contribution in [3.05, 3.63) is 84.2 Å². The van der Waals surface area contributed by atoms with Gasteiger partial charge in [-0.1, -0.05) is 18.2 Å². The Morgan fingerprint density at radius 2 is 1.81 bits per heavy atom. The van der Waals surface area contributed by atoms with Gasteiger partial charge in [-0.25, -0.2) is 0 Å². The lowest BCUT2D eigenvalue weighted by molar-refractivity contribution is 0.102. The zero-order valence-electron chi connectivity index (χ0n) is 14.4. The third-order valence-corrected chi connectivity index (χ3v) is 3.95. The summed E-state index contributed by atoms with van der Waals surface area (Å²) in [7, 11) is 0. The monoisotopic (exact) mass is 342 g/mol. The van der Waals surface area contributed by atoms with Crippen LogP contribution in [0.3, 0.4) is 0 Å². The van der Waals surface area contributed by atoms with Crippen LogP contribution < -0.4 is 10.2 Å². The fraction of sp³-hybridized carbons (Fsp3) is 0.0952. The number of amides is 1. The van der Waals surface area contributed by atoms with Crippen LogP contribution in [0.4, 0.5) is 17.1 Å². The van der Waals surface area contributed by atoms with Gasteiger partial charge in [0.15, 0.2) is 0 Å². The fourth-order valence-corrected chi connectivity index (χ4v) is 2.65. The molecule has 0 radical (unpaired) electrons. The molecule has 0 bridgehead atoms. The Hall–Kier alpha value is -3.65. The van der Waals surface area contributed by atoms with Crippen LogP contribution in [-0.2, 0) is 0 Å². The van der Waals surface area contributed by atoms with E-state index in [1.807, 2.05) is 36.4 Å². The van der Waals surface area contributed by atoms with E-state index in [1.165, 1.54) is 0 Å². The zero-order chi connectivity index (χ0) is 18.4. The topological polar surface area (TPSA) is 69.0 Å². The summed E-state index contributed by atoms with van der Waals surface area (Å²) < 4.78 is 0. The Morgan fingerprint density at radius 3 is 2.46 bits per heavy atom. The molecule has 0 saturated carbocycles. The molecule has 0 aliphatic carbocycles. The minimum atomic E-state index is -0.242. The maximum Gasteiger partial charge on any atom is 0.257 e.